The van der Waals surface area contributed by atoms with Crippen molar-refractivity contribution in [1.82, 2.24) is 0 Å². The number of phosphoric ester groups is 1. The molecule has 2 rings (SSSR count). The molecule has 2 aromatic rings. The maximum Gasteiger partial charge on any atom is 0.587 e. The fourth-order valence-electron chi connectivity index (χ4n) is 1.52. The molecule has 5 nitrogen and oxygen atoms in total. The summed E-state index contributed by atoms with van der Waals surface area (Å²) in [4.78, 5) is 0. The fraction of sp³-hybridized carbons (Fsp3) is 0.263. The molecule has 0 fully saturated rings. The van der Waals surface area contributed by atoms with Gasteiger partial charge in [-0.05, 0) is 38.1 Å². The predicted molar refractivity (Wildman–Crippen MR) is 100 cm³/mol. The average molecular weight is 364 g/mol. The van der Waals surface area contributed by atoms with Gasteiger partial charge in [-0.15, -0.1) is 6.58 Å². The van der Waals surface area contributed by atoms with Gasteiger partial charge in [0.1, 0.15) is 11.5 Å². The lowest BCUT2D eigenvalue weighted by molar-refractivity contribution is 0.124. The molecule has 0 aromatic heterocycles. The monoisotopic (exact) mass is 364 g/mol. The average Bonchev–Trinajstić information content (AvgIpc) is 2.56. The van der Waals surface area contributed by atoms with Crippen LogP contribution in [0.25, 0.3) is 0 Å². The minimum Gasteiger partial charge on any atom is -0.395 e. The van der Waals surface area contributed by atoms with E-state index in [0.717, 1.165) is 0 Å². The molecule has 0 radical (unpaired) electrons. The van der Waals surface area contributed by atoms with Gasteiger partial charge in [-0.2, -0.15) is 0 Å². The van der Waals surface area contributed by atoms with E-state index in [-0.39, 0.29) is 6.61 Å². The second-order valence-electron chi connectivity index (χ2n) is 5.29. The summed E-state index contributed by atoms with van der Waals surface area (Å²) in [7, 11) is -2.24. The summed E-state index contributed by atoms with van der Waals surface area (Å²) in [5.41, 5.74) is 1.17. The van der Waals surface area contributed by atoms with Gasteiger partial charge in [0.15, 0.2) is 0 Å². The third-order valence-electron chi connectivity index (χ3n) is 2.46. The third-order valence-corrected chi connectivity index (χ3v) is 3.83. The molecule has 0 saturated heterocycles. The molecule has 0 amide bonds. The summed E-state index contributed by atoms with van der Waals surface area (Å²) in [5, 5.41) is 0. The molecule has 0 aliphatic rings. The van der Waals surface area contributed by atoms with Crippen LogP contribution in [0.5, 0.6) is 11.5 Å². The van der Waals surface area contributed by atoms with Gasteiger partial charge in [-0.25, -0.2) is 4.57 Å². The van der Waals surface area contributed by atoms with E-state index in [1.165, 1.54) is 12.7 Å². The molecule has 0 atom stereocenters. The molecular weight excluding hydrogens is 339 g/mol. The summed E-state index contributed by atoms with van der Waals surface area (Å²) in [5.74, 6) is 0.823. The van der Waals surface area contributed by atoms with Crippen molar-refractivity contribution in [2.45, 2.75) is 13.8 Å². The molecular formula is C19H25O5P. The lowest BCUT2D eigenvalue weighted by atomic mass is 10.3. The summed E-state index contributed by atoms with van der Waals surface area (Å²) in [6.07, 6.45) is 0. The highest BCUT2D eigenvalue weighted by molar-refractivity contribution is 7.49. The van der Waals surface area contributed by atoms with E-state index in [1.807, 2.05) is 26.0 Å². The first kappa shape index (κ1) is 21.0. The second-order valence-corrected chi connectivity index (χ2v) is 6.81. The molecule has 0 unspecified atom stereocenters. The molecule has 0 aliphatic heterocycles. The van der Waals surface area contributed by atoms with E-state index in [0.29, 0.717) is 18.1 Å². The van der Waals surface area contributed by atoms with Gasteiger partial charge in [0.2, 0.25) is 0 Å². The standard InChI is InChI=1S/C15H17O5P.C4H8/c1-17-12-13-18-21(16,19-14-8-4-2-5-9-14)20-15-10-6-3-7-11-15;1-4(2)3/h2-11H,12-13H2,1H3;1H2,2-3H3. The highest BCUT2D eigenvalue weighted by Gasteiger charge is 2.30. The van der Waals surface area contributed by atoms with Gasteiger partial charge in [-0.3, -0.25) is 4.52 Å². The van der Waals surface area contributed by atoms with Crippen LogP contribution in [0.1, 0.15) is 13.8 Å². The van der Waals surface area contributed by atoms with Gasteiger partial charge in [0.05, 0.1) is 13.2 Å². The van der Waals surface area contributed by atoms with Crippen LogP contribution in [0.4, 0.5) is 0 Å². The van der Waals surface area contributed by atoms with Crippen LogP contribution in [0.15, 0.2) is 72.8 Å². The Morgan fingerprint density at radius 2 is 1.28 bits per heavy atom. The van der Waals surface area contributed by atoms with Crippen molar-refractivity contribution in [3.63, 3.8) is 0 Å². The molecule has 25 heavy (non-hydrogen) atoms. The first-order valence-corrected chi connectivity index (χ1v) is 9.26. The Kier molecular flexibility index (Phi) is 9.63. The van der Waals surface area contributed by atoms with Crippen LogP contribution in [-0.4, -0.2) is 20.3 Å². The van der Waals surface area contributed by atoms with Gasteiger partial charge in [-0.1, -0.05) is 42.0 Å². The summed E-state index contributed by atoms with van der Waals surface area (Å²) < 4.78 is 33.7. The molecule has 0 saturated carbocycles. The van der Waals surface area contributed by atoms with Crippen LogP contribution in [0.2, 0.25) is 0 Å². The molecule has 0 spiro atoms. The topological polar surface area (TPSA) is 54.0 Å². The van der Waals surface area contributed by atoms with Crippen LogP contribution in [-0.2, 0) is 13.8 Å². The van der Waals surface area contributed by atoms with E-state index in [9.17, 15) is 4.57 Å². The summed E-state index contributed by atoms with van der Waals surface area (Å²) in [6.45, 7) is 7.90. The zero-order chi connectivity index (χ0) is 18.5. The largest absolute Gasteiger partial charge is 0.587 e. The zero-order valence-electron chi connectivity index (χ0n) is 14.9. The Labute approximate surface area is 149 Å². The molecule has 0 aliphatic carbocycles. The number of allylic oxidation sites excluding steroid dienone is 1. The van der Waals surface area contributed by atoms with Gasteiger partial charge in [0.25, 0.3) is 0 Å². The molecule has 0 heterocycles. The zero-order valence-corrected chi connectivity index (χ0v) is 15.8. The Hall–Kier alpha value is -2.07. The van der Waals surface area contributed by atoms with E-state index < -0.39 is 7.82 Å². The first-order chi connectivity index (χ1) is 11.9. The molecule has 0 N–H and O–H groups in total. The molecule has 136 valence electrons. The first-order valence-electron chi connectivity index (χ1n) is 7.80. The summed E-state index contributed by atoms with van der Waals surface area (Å²) in [6, 6.07) is 17.5. The van der Waals surface area contributed by atoms with Crippen LogP contribution < -0.4 is 9.05 Å². The Morgan fingerprint density at radius 1 is 0.880 bits per heavy atom. The van der Waals surface area contributed by atoms with Gasteiger partial charge in [0, 0.05) is 7.11 Å². The number of phosphoric acid groups is 1. The number of hydrogen-bond acceptors (Lipinski definition) is 5. The number of methoxy groups -OCH3 is 1. The van der Waals surface area contributed by atoms with E-state index in [1.54, 1.807) is 48.5 Å². The van der Waals surface area contributed by atoms with Crippen LogP contribution in [0, 0.1) is 0 Å². The molecule has 0 bridgehead atoms. The maximum atomic E-state index is 12.7. The smallest absolute Gasteiger partial charge is 0.395 e. The highest BCUT2D eigenvalue weighted by atomic mass is 31.2. The van der Waals surface area contributed by atoms with Crippen LogP contribution >= 0.6 is 7.82 Å². The van der Waals surface area contributed by atoms with Crippen molar-refractivity contribution in [2.75, 3.05) is 20.3 Å². The lowest BCUT2D eigenvalue weighted by Crippen LogP contribution is -2.08. The number of benzene rings is 2. The summed E-state index contributed by atoms with van der Waals surface area (Å²) >= 11 is 0. The number of rotatable bonds is 8. The number of para-hydroxylation sites is 2. The van der Waals surface area contributed by atoms with E-state index in [2.05, 4.69) is 6.58 Å². The van der Waals surface area contributed by atoms with Crippen molar-refractivity contribution in [1.29, 1.82) is 0 Å². The Bertz CT molecular complexity index is 609. The van der Waals surface area contributed by atoms with Crippen molar-refractivity contribution in [2.24, 2.45) is 0 Å². The van der Waals surface area contributed by atoms with Gasteiger partial charge >= 0.3 is 7.82 Å². The Balaban J connectivity index is 0.000000705. The van der Waals surface area contributed by atoms with Crippen molar-refractivity contribution < 1.29 is 22.9 Å². The van der Waals surface area contributed by atoms with Crippen LogP contribution in [0.3, 0.4) is 0 Å². The van der Waals surface area contributed by atoms with Crippen molar-refractivity contribution in [3.8, 4) is 11.5 Å². The minimum atomic E-state index is -3.77. The van der Waals surface area contributed by atoms with E-state index in [4.69, 9.17) is 18.3 Å². The SMILES string of the molecule is C=C(C)C.COCCOP(=O)(Oc1ccccc1)Oc1ccccc1. The predicted octanol–water partition coefficient (Wildman–Crippen LogP) is 5.50. The van der Waals surface area contributed by atoms with E-state index >= 15 is 0 Å². The maximum absolute atomic E-state index is 12.7. The highest BCUT2D eigenvalue weighted by Crippen LogP contribution is 2.49. The number of hydrogen-bond donors (Lipinski definition) is 0. The Morgan fingerprint density at radius 3 is 1.64 bits per heavy atom. The third kappa shape index (κ3) is 9.72. The second kappa shape index (κ2) is 11.5. The normalized spacial score (nSPS) is 10.4. The van der Waals surface area contributed by atoms with Crippen molar-refractivity contribution in [3.05, 3.63) is 72.8 Å². The fourth-order valence-corrected chi connectivity index (χ4v) is 2.73. The minimum absolute atomic E-state index is 0.105. The molecule has 6 heteroatoms. The molecule has 2 aromatic carbocycles. The lowest BCUT2D eigenvalue weighted by Gasteiger charge is -2.18. The van der Waals surface area contributed by atoms with Crippen molar-refractivity contribution >= 4 is 7.82 Å². The quantitative estimate of drug-likeness (QED) is 0.352. The number of ether oxygens (including phenoxy) is 1. The van der Waals surface area contributed by atoms with Gasteiger partial charge < -0.3 is 13.8 Å².